The van der Waals surface area contributed by atoms with Gasteiger partial charge in [-0.05, 0) is 77.9 Å². The van der Waals surface area contributed by atoms with Gasteiger partial charge in [0.15, 0.2) is 0 Å². The molecule has 0 aromatic heterocycles. The number of fused-ring (bicyclic) bond motifs is 3. The van der Waals surface area contributed by atoms with E-state index in [1.165, 1.54) is 63.6 Å². The molecule has 1 saturated carbocycles. The Kier molecular flexibility index (Phi) is 6.39. The smallest absolute Gasteiger partial charge is 0.0227 e. The van der Waals surface area contributed by atoms with Crippen LogP contribution in [0.1, 0.15) is 88.8 Å². The van der Waals surface area contributed by atoms with Gasteiger partial charge in [0.1, 0.15) is 0 Å². The molecular weight excluding hydrogens is 354 g/mol. The fraction of sp³-hybridized carbons (Fsp3) is 0.769. The van der Waals surface area contributed by atoms with Crippen molar-refractivity contribution >= 4 is 0 Å². The molecule has 2 fully saturated rings. The molecule has 1 aromatic rings. The van der Waals surface area contributed by atoms with E-state index in [1.54, 1.807) is 11.1 Å². The van der Waals surface area contributed by atoms with E-state index in [4.69, 9.17) is 0 Å². The van der Waals surface area contributed by atoms with Crippen LogP contribution in [0.25, 0.3) is 0 Å². The van der Waals surface area contributed by atoms with E-state index in [2.05, 4.69) is 61.6 Å². The highest BCUT2D eigenvalue weighted by molar-refractivity contribution is 5.42. The standard InChI is InChI=1S/C26H43N3/c1-20(2)21-8-10-23-22(18-21)9-11-24-25(3,12-7-13-26(23,24)4)19-27-14-15-28-29-16-5-6-17-29/h8,10,18,20,24,27-28H,5-7,9,11-17,19H2,1-4H3/t24-,25-,26+/m0/s1. The topological polar surface area (TPSA) is 27.3 Å². The van der Waals surface area contributed by atoms with E-state index >= 15 is 0 Å². The molecule has 1 saturated heterocycles. The number of hydrazine groups is 1. The summed E-state index contributed by atoms with van der Waals surface area (Å²) in [6, 6.07) is 7.43. The van der Waals surface area contributed by atoms with Crippen molar-refractivity contribution in [3.05, 3.63) is 34.9 Å². The maximum absolute atomic E-state index is 3.83. The Labute approximate surface area is 179 Å². The van der Waals surface area contributed by atoms with Crippen LogP contribution in [0.5, 0.6) is 0 Å². The van der Waals surface area contributed by atoms with Crippen molar-refractivity contribution in [3.8, 4) is 0 Å². The summed E-state index contributed by atoms with van der Waals surface area (Å²) in [5.41, 5.74) is 9.18. The minimum Gasteiger partial charge on any atom is -0.315 e. The molecule has 3 nitrogen and oxygen atoms in total. The first-order valence-corrected chi connectivity index (χ1v) is 12.2. The second-order valence-corrected chi connectivity index (χ2v) is 10.9. The molecule has 0 unspecified atom stereocenters. The normalized spacial score (nSPS) is 32.4. The Hall–Kier alpha value is -0.900. The molecule has 1 aromatic carbocycles. The van der Waals surface area contributed by atoms with Crippen LogP contribution in [0, 0.1) is 11.3 Å². The third kappa shape index (κ3) is 4.29. The zero-order chi connectivity index (χ0) is 20.5. The lowest BCUT2D eigenvalue weighted by Gasteiger charge is -2.55. The van der Waals surface area contributed by atoms with E-state index in [-0.39, 0.29) is 0 Å². The van der Waals surface area contributed by atoms with Gasteiger partial charge in [-0.25, -0.2) is 5.01 Å². The summed E-state index contributed by atoms with van der Waals surface area (Å²) in [4.78, 5) is 0. The van der Waals surface area contributed by atoms with Gasteiger partial charge in [-0.15, -0.1) is 0 Å². The molecule has 0 spiro atoms. The SMILES string of the molecule is CC(C)c1ccc2c(c1)CC[C@H]1[C@](C)(CNCCNN3CCCC3)CCC[C@]21C. The quantitative estimate of drug-likeness (QED) is 0.633. The van der Waals surface area contributed by atoms with Crippen molar-refractivity contribution in [1.29, 1.82) is 0 Å². The predicted molar refractivity (Wildman–Crippen MR) is 123 cm³/mol. The van der Waals surface area contributed by atoms with Gasteiger partial charge in [0, 0.05) is 32.7 Å². The summed E-state index contributed by atoms with van der Waals surface area (Å²) in [5, 5.41) is 6.22. The van der Waals surface area contributed by atoms with Crippen LogP contribution in [0.3, 0.4) is 0 Å². The van der Waals surface area contributed by atoms with Gasteiger partial charge in [-0.3, -0.25) is 5.43 Å². The van der Waals surface area contributed by atoms with Gasteiger partial charge in [0.25, 0.3) is 0 Å². The summed E-state index contributed by atoms with van der Waals surface area (Å²) in [6.45, 7) is 15.5. The van der Waals surface area contributed by atoms with Crippen LogP contribution < -0.4 is 10.7 Å². The summed E-state index contributed by atoms with van der Waals surface area (Å²) in [6.07, 6.45) is 9.41. The second-order valence-electron chi connectivity index (χ2n) is 10.9. The second kappa shape index (κ2) is 8.69. The fourth-order valence-electron chi connectivity index (χ4n) is 6.77. The molecule has 0 radical (unpaired) electrons. The van der Waals surface area contributed by atoms with Crippen LogP contribution >= 0.6 is 0 Å². The number of nitrogens with one attached hydrogen (secondary N) is 2. The van der Waals surface area contributed by atoms with Gasteiger partial charge in [-0.2, -0.15) is 0 Å². The molecule has 3 aliphatic rings. The van der Waals surface area contributed by atoms with Crippen LogP contribution in [0.2, 0.25) is 0 Å². The molecule has 0 amide bonds. The molecular formula is C26H43N3. The maximum atomic E-state index is 3.83. The largest absolute Gasteiger partial charge is 0.315 e. The van der Waals surface area contributed by atoms with E-state index in [9.17, 15) is 0 Å². The van der Waals surface area contributed by atoms with Crippen molar-refractivity contribution in [2.45, 2.75) is 84.0 Å². The van der Waals surface area contributed by atoms with E-state index in [0.29, 0.717) is 16.7 Å². The van der Waals surface area contributed by atoms with Crippen LogP contribution in [-0.4, -0.2) is 37.7 Å². The van der Waals surface area contributed by atoms with Crippen molar-refractivity contribution in [2.75, 3.05) is 32.7 Å². The average molecular weight is 398 g/mol. The molecule has 162 valence electrons. The van der Waals surface area contributed by atoms with Gasteiger partial charge < -0.3 is 5.32 Å². The van der Waals surface area contributed by atoms with Gasteiger partial charge in [0.2, 0.25) is 0 Å². The summed E-state index contributed by atoms with van der Waals surface area (Å²) in [5.74, 6) is 1.42. The van der Waals surface area contributed by atoms with E-state index in [0.717, 1.165) is 25.6 Å². The molecule has 1 heterocycles. The summed E-state index contributed by atoms with van der Waals surface area (Å²) in [7, 11) is 0. The Morgan fingerprint density at radius 3 is 2.62 bits per heavy atom. The van der Waals surface area contributed by atoms with Crippen molar-refractivity contribution < 1.29 is 0 Å². The first-order chi connectivity index (χ1) is 13.9. The number of hydrogen-bond acceptors (Lipinski definition) is 3. The highest BCUT2D eigenvalue weighted by atomic mass is 15.5. The molecule has 0 bridgehead atoms. The number of hydrogen-bond donors (Lipinski definition) is 2. The van der Waals surface area contributed by atoms with Gasteiger partial charge in [0.05, 0.1) is 0 Å². The predicted octanol–water partition coefficient (Wildman–Crippen LogP) is 5.01. The first kappa shape index (κ1) is 21.3. The average Bonchev–Trinajstić information content (AvgIpc) is 3.20. The van der Waals surface area contributed by atoms with Crippen LogP contribution in [-0.2, 0) is 11.8 Å². The Bertz CT molecular complexity index is 693. The first-order valence-electron chi connectivity index (χ1n) is 12.2. The van der Waals surface area contributed by atoms with Crippen molar-refractivity contribution in [3.63, 3.8) is 0 Å². The molecule has 2 N–H and O–H groups in total. The summed E-state index contributed by atoms with van der Waals surface area (Å²) >= 11 is 0. The minimum absolute atomic E-state index is 0.353. The van der Waals surface area contributed by atoms with E-state index in [1.807, 2.05) is 0 Å². The monoisotopic (exact) mass is 397 g/mol. The molecule has 3 atom stereocenters. The zero-order valence-corrected chi connectivity index (χ0v) is 19.3. The van der Waals surface area contributed by atoms with E-state index < -0.39 is 0 Å². The van der Waals surface area contributed by atoms with Crippen LogP contribution in [0.4, 0.5) is 0 Å². The fourth-order valence-corrected chi connectivity index (χ4v) is 6.77. The minimum atomic E-state index is 0.353. The van der Waals surface area contributed by atoms with Crippen molar-refractivity contribution in [1.82, 2.24) is 15.8 Å². The van der Waals surface area contributed by atoms with Crippen LogP contribution in [0.15, 0.2) is 18.2 Å². The Balaban J connectivity index is 1.41. The Morgan fingerprint density at radius 1 is 1.07 bits per heavy atom. The molecule has 29 heavy (non-hydrogen) atoms. The molecule has 4 rings (SSSR count). The molecule has 1 aliphatic heterocycles. The van der Waals surface area contributed by atoms with Crippen molar-refractivity contribution in [2.24, 2.45) is 11.3 Å². The number of rotatable bonds is 7. The zero-order valence-electron chi connectivity index (χ0n) is 19.3. The number of aryl methyl sites for hydroxylation is 1. The maximum Gasteiger partial charge on any atom is 0.0227 e. The lowest BCUT2D eigenvalue weighted by atomic mass is 9.49. The lowest BCUT2D eigenvalue weighted by Crippen LogP contribution is -2.53. The molecule has 2 aliphatic carbocycles. The Morgan fingerprint density at radius 2 is 1.86 bits per heavy atom. The lowest BCUT2D eigenvalue weighted by molar-refractivity contribution is 0.0259. The number of nitrogens with zero attached hydrogens (tertiary/aromatic N) is 1. The molecule has 3 heteroatoms. The number of benzene rings is 1. The summed E-state index contributed by atoms with van der Waals surface area (Å²) < 4.78 is 0. The highest BCUT2D eigenvalue weighted by Crippen LogP contribution is 2.57. The van der Waals surface area contributed by atoms with Gasteiger partial charge >= 0.3 is 0 Å². The highest BCUT2D eigenvalue weighted by Gasteiger charge is 2.51. The van der Waals surface area contributed by atoms with Gasteiger partial charge in [-0.1, -0.05) is 52.3 Å². The third-order valence-electron chi connectivity index (χ3n) is 8.44. The third-order valence-corrected chi connectivity index (χ3v) is 8.44.